The van der Waals surface area contributed by atoms with E-state index in [-0.39, 0.29) is 5.66 Å². The molecule has 5 aromatic rings. The summed E-state index contributed by atoms with van der Waals surface area (Å²) >= 11 is 4.67. The zero-order valence-electron chi connectivity index (χ0n) is 18.8. The van der Waals surface area contributed by atoms with Crippen LogP contribution in [-0.2, 0) is 0 Å². The van der Waals surface area contributed by atoms with Gasteiger partial charge in [0.25, 0.3) is 0 Å². The molecule has 0 amide bonds. The van der Waals surface area contributed by atoms with Gasteiger partial charge in [-0.05, 0) is 0 Å². The van der Waals surface area contributed by atoms with Gasteiger partial charge < -0.3 is 0 Å². The van der Waals surface area contributed by atoms with Gasteiger partial charge in [0.2, 0.25) is 0 Å². The Balaban J connectivity index is 2.04. The van der Waals surface area contributed by atoms with Crippen molar-refractivity contribution in [2.45, 2.75) is 5.66 Å². The number of rotatable bonds is 6. The third-order valence-electron chi connectivity index (χ3n) is 6.67. The Hall–Kier alpha value is -3.19. The molecule has 0 spiro atoms. The Morgan fingerprint density at radius 2 is 0.824 bits per heavy atom. The zero-order valence-corrected chi connectivity index (χ0v) is 21.3. The summed E-state index contributed by atoms with van der Waals surface area (Å²) < 4.78 is 0. The van der Waals surface area contributed by atoms with Crippen molar-refractivity contribution in [3.8, 4) is 0 Å². The summed E-state index contributed by atoms with van der Waals surface area (Å²) in [5.74, 6) is 0. The van der Waals surface area contributed by atoms with Gasteiger partial charge in [0.15, 0.2) is 0 Å². The number of halogens is 1. The first-order valence-electron chi connectivity index (χ1n) is 11.4. The molecule has 0 radical (unpaired) electrons. The molecule has 3 heteroatoms. The van der Waals surface area contributed by atoms with E-state index in [0.29, 0.717) is 0 Å². The summed E-state index contributed by atoms with van der Waals surface area (Å²) in [5, 5.41) is 0.433. The van der Waals surface area contributed by atoms with Crippen LogP contribution in [0.25, 0.3) is 0 Å². The molecular formula is C31H27BrNP. The molecule has 5 aromatic carbocycles. The van der Waals surface area contributed by atoms with Crippen molar-refractivity contribution in [1.29, 1.82) is 0 Å². The normalized spacial score (nSPS) is 13.5. The quantitative estimate of drug-likeness (QED) is 0.185. The maximum atomic E-state index is 6.75. The molecule has 0 saturated heterocycles. The van der Waals surface area contributed by atoms with Crippen molar-refractivity contribution in [2.24, 2.45) is 0 Å². The minimum atomic E-state index is -3.37. The van der Waals surface area contributed by atoms with E-state index < -0.39 is 5.31 Å². The van der Waals surface area contributed by atoms with E-state index in [0.717, 1.165) is 11.3 Å². The fourth-order valence-electron chi connectivity index (χ4n) is 5.17. The SMILES string of the molecule is Nc1ccccc1C(c1ccccc1)P(Br)(c1ccccc1)(c1ccccc1)c1ccccc1. The van der Waals surface area contributed by atoms with Gasteiger partial charge in [-0.1, -0.05) is 0 Å². The Bertz CT molecular complexity index is 1270. The zero-order chi connectivity index (χ0) is 23.5. The summed E-state index contributed by atoms with van der Waals surface area (Å²) in [4.78, 5) is 0. The van der Waals surface area contributed by atoms with Crippen LogP contribution in [0.1, 0.15) is 16.8 Å². The molecule has 0 aliphatic rings. The van der Waals surface area contributed by atoms with E-state index in [1.54, 1.807) is 0 Å². The number of hydrogen-bond acceptors (Lipinski definition) is 1. The topological polar surface area (TPSA) is 26.0 Å². The average Bonchev–Trinajstić information content (AvgIpc) is 2.92. The fraction of sp³-hybridized carbons (Fsp3) is 0.0323. The van der Waals surface area contributed by atoms with Crippen molar-refractivity contribution in [3.63, 3.8) is 0 Å². The Morgan fingerprint density at radius 1 is 0.471 bits per heavy atom. The molecule has 0 saturated carbocycles. The summed E-state index contributed by atoms with van der Waals surface area (Å²) in [7, 11) is 0. The number of para-hydroxylation sites is 1. The molecule has 1 nitrogen and oxygen atoms in total. The van der Waals surface area contributed by atoms with Crippen LogP contribution in [0.5, 0.6) is 0 Å². The number of nitrogen functional groups attached to an aromatic ring is 1. The first-order chi connectivity index (χ1) is 16.6. The van der Waals surface area contributed by atoms with Crippen molar-refractivity contribution in [2.75, 3.05) is 5.73 Å². The molecule has 0 aliphatic carbocycles. The molecule has 0 bridgehead atoms. The van der Waals surface area contributed by atoms with Crippen LogP contribution in [0.3, 0.4) is 0 Å². The van der Waals surface area contributed by atoms with Crippen molar-refractivity contribution < 1.29 is 0 Å². The second kappa shape index (κ2) is 9.22. The van der Waals surface area contributed by atoms with Gasteiger partial charge in [0.05, 0.1) is 0 Å². The van der Waals surface area contributed by atoms with E-state index in [9.17, 15) is 0 Å². The van der Waals surface area contributed by atoms with Crippen molar-refractivity contribution in [3.05, 3.63) is 157 Å². The molecule has 168 valence electrons. The van der Waals surface area contributed by atoms with E-state index >= 15 is 0 Å². The first kappa shape index (κ1) is 22.6. The number of hydrogen-bond donors (Lipinski definition) is 1. The summed E-state index contributed by atoms with van der Waals surface area (Å²) in [5.41, 5.74) is 9.86. The van der Waals surface area contributed by atoms with Crippen molar-refractivity contribution >= 4 is 42.4 Å². The maximum absolute atomic E-state index is 6.75. The molecule has 1 unspecified atom stereocenters. The number of nitrogens with two attached hydrogens (primary N) is 1. The molecule has 2 N–H and O–H groups in total. The molecule has 34 heavy (non-hydrogen) atoms. The molecule has 0 aliphatic heterocycles. The van der Waals surface area contributed by atoms with Gasteiger partial charge in [-0.25, -0.2) is 0 Å². The van der Waals surface area contributed by atoms with Crippen LogP contribution in [0.4, 0.5) is 5.69 Å². The van der Waals surface area contributed by atoms with Crippen LogP contribution >= 0.6 is 20.8 Å². The molecular weight excluding hydrogens is 497 g/mol. The average molecular weight is 524 g/mol. The molecule has 0 aromatic heterocycles. The standard InChI is InChI=1S/C31H27BrNP/c32-34(26-17-7-2-8-18-26,27-19-9-3-10-20-27,28-21-11-4-12-22-28)31(25-15-5-1-6-16-25)29-23-13-14-24-30(29)33/h1-24,31H,33H2. The predicted octanol–water partition coefficient (Wildman–Crippen LogP) is 7.20. The van der Waals surface area contributed by atoms with Gasteiger partial charge in [-0.15, -0.1) is 0 Å². The summed E-state index contributed by atoms with van der Waals surface area (Å²) in [6.07, 6.45) is 0. The van der Waals surface area contributed by atoms with Crippen molar-refractivity contribution in [1.82, 2.24) is 0 Å². The molecule has 1 atom stereocenters. The third-order valence-corrected chi connectivity index (χ3v) is 17.1. The Labute approximate surface area is 210 Å². The second-order valence-corrected chi connectivity index (χ2v) is 17.2. The summed E-state index contributed by atoms with van der Waals surface area (Å²) in [6.45, 7) is 0. The van der Waals surface area contributed by atoms with Gasteiger partial charge in [-0.3, -0.25) is 0 Å². The molecule has 0 heterocycles. The number of anilines is 1. The van der Waals surface area contributed by atoms with E-state index in [1.807, 2.05) is 12.1 Å². The Kier molecular flexibility index (Phi) is 6.13. The van der Waals surface area contributed by atoms with Gasteiger partial charge in [-0.2, -0.15) is 0 Å². The predicted molar refractivity (Wildman–Crippen MR) is 153 cm³/mol. The second-order valence-electron chi connectivity index (χ2n) is 8.52. The van der Waals surface area contributed by atoms with Gasteiger partial charge in [0.1, 0.15) is 0 Å². The van der Waals surface area contributed by atoms with Gasteiger partial charge in [0, 0.05) is 0 Å². The fourth-order valence-corrected chi connectivity index (χ4v) is 14.2. The molecule has 0 fully saturated rings. The first-order valence-corrected chi connectivity index (χ1v) is 15.8. The van der Waals surface area contributed by atoms with Crippen LogP contribution < -0.4 is 21.6 Å². The van der Waals surface area contributed by atoms with Crippen LogP contribution in [0, 0.1) is 0 Å². The Morgan fingerprint density at radius 3 is 1.24 bits per heavy atom. The summed E-state index contributed by atoms with van der Waals surface area (Å²) in [6, 6.07) is 51.8. The van der Waals surface area contributed by atoms with E-state index in [4.69, 9.17) is 5.73 Å². The van der Waals surface area contributed by atoms with Crippen LogP contribution in [0.2, 0.25) is 0 Å². The van der Waals surface area contributed by atoms with Crippen LogP contribution in [0.15, 0.2) is 146 Å². The minimum absolute atomic E-state index is 0.0411. The number of benzene rings is 5. The van der Waals surface area contributed by atoms with E-state index in [2.05, 4.69) is 149 Å². The monoisotopic (exact) mass is 523 g/mol. The van der Waals surface area contributed by atoms with Gasteiger partial charge >= 0.3 is 211 Å². The third kappa shape index (κ3) is 3.50. The molecule has 5 rings (SSSR count). The van der Waals surface area contributed by atoms with Crippen LogP contribution in [-0.4, -0.2) is 0 Å². The van der Waals surface area contributed by atoms with E-state index in [1.165, 1.54) is 21.5 Å².